The van der Waals surface area contributed by atoms with Gasteiger partial charge >= 0.3 is 5.97 Å². The second-order valence-electron chi connectivity index (χ2n) is 9.16. The van der Waals surface area contributed by atoms with Gasteiger partial charge in [-0.15, -0.1) is 0 Å². The van der Waals surface area contributed by atoms with E-state index >= 15 is 0 Å². The van der Waals surface area contributed by atoms with Gasteiger partial charge in [-0.3, -0.25) is 24.0 Å². The Hall–Kier alpha value is -4.29. The number of likely N-dealkylation sites (N-methyl/N-ethyl adjacent to an activating group) is 2. The molecule has 0 aliphatic rings. The van der Waals surface area contributed by atoms with E-state index in [1.807, 2.05) is 54.6 Å². The average molecular weight is 555 g/mol. The van der Waals surface area contributed by atoms with Crippen molar-refractivity contribution in [2.24, 2.45) is 0 Å². The van der Waals surface area contributed by atoms with Crippen LogP contribution in [-0.2, 0) is 30.4 Å². The summed E-state index contributed by atoms with van der Waals surface area (Å²) >= 11 is 0. The molecule has 0 radical (unpaired) electrons. The molecule has 216 valence electrons. The topological polar surface area (TPSA) is 178 Å². The Morgan fingerprint density at radius 1 is 0.725 bits per heavy atom. The summed E-state index contributed by atoms with van der Waals surface area (Å²) in [5.41, 5.74) is 2.79. The maximum atomic E-state index is 13.1. The van der Waals surface area contributed by atoms with Crippen molar-refractivity contribution >= 4 is 29.6 Å². The highest BCUT2D eigenvalue weighted by atomic mass is 16.4. The second kappa shape index (κ2) is 16.6. The summed E-state index contributed by atoms with van der Waals surface area (Å²) in [7, 11) is 3.36. The summed E-state index contributed by atoms with van der Waals surface area (Å²) in [5, 5.41) is 25.3. The highest BCUT2D eigenvalue weighted by Gasteiger charge is 2.28. The maximum Gasteiger partial charge on any atom is 0.305 e. The van der Waals surface area contributed by atoms with Crippen LogP contribution in [0.2, 0.25) is 0 Å². The van der Waals surface area contributed by atoms with E-state index in [1.54, 1.807) is 14.1 Å². The first-order chi connectivity index (χ1) is 19.1. The summed E-state index contributed by atoms with van der Waals surface area (Å²) in [5.74, 6) is -3.42. The number of rotatable bonds is 16. The minimum Gasteiger partial charge on any atom is -0.481 e. The van der Waals surface area contributed by atoms with E-state index in [1.165, 1.54) is 6.92 Å². The van der Waals surface area contributed by atoms with Gasteiger partial charge in [0.25, 0.3) is 0 Å². The number of benzene rings is 2. The number of hydrogen-bond acceptors (Lipinski definition) is 7. The fourth-order valence-corrected chi connectivity index (χ4v) is 3.96. The molecule has 2 rings (SSSR count). The Labute approximate surface area is 233 Å². The van der Waals surface area contributed by atoms with Crippen molar-refractivity contribution in [1.82, 2.24) is 31.9 Å². The van der Waals surface area contributed by atoms with E-state index in [2.05, 4.69) is 31.9 Å². The Morgan fingerprint density at radius 3 is 1.82 bits per heavy atom. The fourth-order valence-electron chi connectivity index (χ4n) is 3.96. The van der Waals surface area contributed by atoms with Crippen LogP contribution in [0.1, 0.15) is 18.9 Å². The smallest absolute Gasteiger partial charge is 0.305 e. The van der Waals surface area contributed by atoms with Crippen molar-refractivity contribution < 1.29 is 29.1 Å². The van der Waals surface area contributed by atoms with Crippen molar-refractivity contribution in [3.63, 3.8) is 0 Å². The zero-order chi connectivity index (χ0) is 29.5. The normalized spacial score (nSPS) is 12.9. The molecule has 3 atom stereocenters. The lowest BCUT2D eigenvalue weighted by Gasteiger charge is -2.22. The van der Waals surface area contributed by atoms with Gasteiger partial charge in [0.05, 0.1) is 12.5 Å². The quantitative estimate of drug-likeness (QED) is 0.135. The largest absolute Gasteiger partial charge is 0.481 e. The van der Waals surface area contributed by atoms with E-state index in [-0.39, 0.29) is 25.4 Å². The molecule has 0 bridgehead atoms. The summed E-state index contributed by atoms with van der Waals surface area (Å²) in [6, 6.07) is 14.4. The molecule has 0 aliphatic carbocycles. The molecule has 0 heterocycles. The van der Waals surface area contributed by atoms with Gasteiger partial charge in [-0.1, -0.05) is 54.6 Å². The molecule has 0 aromatic heterocycles. The van der Waals surface area contributed by atoms with Crippen LogP contribution in [0.25, 0.3) is 11.1 Å². The van der Waals surface area contributed by atoms with Crippen LogP contribution in [0, 0.1) is 0 Å². The molecule has 0 saturated heterocycles. The number of amides is 4. The lowest BCUT2D eigenvalue weighted by molar-refractivity contribution is -0.141. The van der Waals surface area contributed by atoms with Crippen molar-refractivity contribution in [3.8, 4) is 11.1 Å². The first-order valence-electron chi connectivity index (χ1n) is 13.0. The highest BCUT2D eigenvalue weighted by Crippen LogP contribution is 2.19. The monoisotopic (exact) mass is 554 g/mol. The van der Waals surface area contributed by atoms with E-state index in [0.29, 0.717) is 6.54 Å². The van der Waals surface area contributed by atoms with Crippen molar-refractivity contribution in [3.05, 3.63) is 60.2 Å². The second-order valence-corrected chi connectivity index (χ2v) is 9.16. The third-order valence-corrected chi connectivity index (χ3v) is 6.00. The van der Waals surface area contributed by atoms with Crippen LogP contribution in [0.5, 0.6) is 0 Å². The Morgan fingerprint density at radius 2 is 1.30 bits per heavy atom. The predicted molar refractivity (Wildman–Crippen MR) is 150 cm³/mol. The number of carboxylic acids is 1. The molecule has 0 spiro atoms. The molecule has 12 heteroatoms. The third kappa shape index (κ3) is 10.8. The minimum absolute atomic E-state index is 0.0233. The molecule has 40 heavy (non-hydrogen) atoms. The average Bonchev–Trinajstić information content (AvgIpc) is 2.93. The summed E-state index contributed by atoms with van der Waals surface area (Å²) in [6.07, 6.45) is -0.528. The Kier molecular flexibility index (Phi) is 13.3. The molecule has 1 unspecified atom stereocenters. The highest BCUT2D eigenvalue weighted by molar-refractivity contribution is 5.93. The number of aliphatic carboxylic acids is 1. The summed E-state index contributed by atoms with van der Waals surface area (Å²) in [6.45, 7) is 1.81. The van der Waals surface area contributed by atoms with Crippen molar-refractivity contribution in [1.29, 1.82) is 0 Å². The zero-order valence-electron chi connectivity index (χ0n) is 23.0. The molecular formula is C28H38N6O6. The van der Waals surface area contributed by atoms with Gasteiger partial charge in [-0.05, 0) is 30.8 Å². The molecular weight excluding hydrogens is 516 g/mol. The lowest BCUT2D eigenvalue weighted by Crippen LogP contribution is -2.55. The summed E-state index contributed by atoms with van der Waals surface area (Å²) < 4.78 is 0. The fraction of sp³-hybridized carbons (Fsp3) is 0.393. The van der Waals surface area contributed by atoms with Gasteiger partial charge in [0.2, 0.25) is 23.6 Å². The minimum atomic E-state index is -1.38. The van der Waals surface area contributed by atoms with Crippen LogP contribution in [0.4, 0.5) is 0 Å². The standard InChI is InChI=1S/C28H38N6O6/c1-18(35)33-22(15-19-9-11-21(12-10-19)20-7-5-4-6-8-20)28(40)34-23(16-25(36)37)26(38)31-13-14-32-27(39)24(30-3)17-29-2/h4-12,22-24,29-30H,13-17H2,1-3H3,(H,31,38)(H,32,39)(H,33,35)(H,34,40)(H,36,37)/t22-,23-,24?/m0/s1. The van der Waals surface area contributed by atoms with Crippen LogP contribution in [0.15, 0.2) is 54.6 Å². The lowest BCUT2D eigenvalue weighted by atomic mass is 10.00. The summed E-state index contributed by atoms with van der Waals surface area (Å²) in [4.78, 5) is 61.2. The number of nitrogens with one attached hydrogen (secondary N) is 6. The Bertz CT molecular complexity index is 1140. The third-order valence-electron chi connectivity index (χ3n) is 6.00. The molecule has 2 aromatic rings. The number of carboxylic acid groups (broad SMARTS) is 1. The number of hydrogen-bond donors (Lipinski definition) is 7. The predicted octanol–water partition coefficient (Wildman–Crippen LogP) is -0.600. The van der Waals surface area contributed by atoms with E-state index in [9.17, 15) is 29.1 Å². The zero-order valence-corrected chi connectivity index (χ0v) is 23.0. The van der Waals surface area contributed by atoms with E-state index < -0.39 is 48.2 Å². The van der Waals surface area contributed by atoms with Crippen molar-refractivity contribution in [2.45, 2.75) is 37.9 Å². The van der Waals surface area contributed by atoms with E-state index in [4.69, 9.17) is 0 Å². The van der Waals surface area contributed by atoms with E-state index in [0.717, 1.165) is 16.7 Å². The van der Waals surface area contributed by atoms with Crippen LogP contribution < -0.4 is 31.9 Å². The van der Waals surface area contributed by atoms with Gasteiger partial charge in [-0.25, -0.2) is 0 Å². The van der Waals surface area contributed by atoms with Gasteiger partial charge in [0.15, 0.2) is 0 Å². The molecule has 4 amide bonds. The SMILES string of the molecule is CNCC(NC)C(=O)NCCNC(=O)[C@H](CC(=O)O)NC(=O)[C@H](Cc1ccc(-c2ccccc2)cc1)NC(C)=O. The maximum absolute atomic E-state index is 13.1. The van der Waals surface area contributed by atoms with Gasteiger partial charge < -0.3 is 37.0 Å². The number of carbonyl (C=O) groups is 5. The van der Waals surface area contributed by atoms with Gasteiger partial charge in [-0.2, -0.15) is 0 Å². The van der Waals surface area contributed by atoms with Crippen molar-refractivity contribution in [2.75, 3.05) is 33.7 Å². The van der Waals surface area contributed by atoms with Gasteiger partial charge in [0.1, 0.15) is 12.1 Å². The molecule has 0 aliphatic heterocycles. The number of carbonyl (C=O) groups excluding carboxylic acids is 4. The Balaban J connectivity index is 2.01. The first kappa shape index (κ1) is 31.9. The molecule has 0 fully saturated rings. The molecule has 2 aromatic carbocycles. The van der Waals surface area contributed by atoms with Crippen LogP contribution in [-0.4, -0.2) is 86.6 Å². The molecule has 7 N–H and O–H groups in total. The molecule has 0 saturated carbocycles. The first-order valence-corrected chi connectivity index (χ1v) is 13.0. The van der Waals surface area contributed by atoms with Crippen LogP contribution >= 0.6 is 0 Å². The molecule has 12 nitrogen and oxygen atoms in total. The van der Waals surface area contributed by atoms with Gasteiger partial charge in [0, 0.05) is 33.0 Å². The van der Waals surface area contributed by atoms with Crippen LogP contribution in [0.3, 0.4) is 0 Å².